The summed E-state index contributed by atoms with van der Waals surface area (Å²) in [6.45, 7) is 3.25. The fourth-order valence-electron chi connectivity index (χ4n) is 2.89. The number of benzene rings is 2. The molecule has 0 aliphatic rings. The average Bonchev–Trinajstić information content (AvgIpc) is 2.90. The van der Waals surface area contributed by atoms with Gasteiger partial charge in [-0.25, -0.2) is 4.98 Å². The summed E-state index contributed by atoms with van der Waals surface area (Å²) in [7, 11) is 0. The van der Waals surface area contributed by atoms with Gasteiger partial charge in [0.15, 0.2) is 0 Å². The van der Waals surface area contributed by atoms with Crippen LogP contribution < -0.4 is 0 Å². The normalized spacial score (nSPS) is 11.1. The summed E-state index contributed by atoms with van der Waals surface area (Å²) in [5.41, 5.74) is 3.83. The Morgan fingerprint density at radius 3 is 2.48 bits per heavy atom. The molecule has 0 saturated heterocycles. The van der Waals surface area contributed by atoms with Gasteiger partial charge in [-0.3, -0.25) is 0 Å². The van der Waals surface area contributed by atoms with Crippen LogP contribution in [0.25, 0.3) is 11.0 Å². The predicted octanol–water partition coefficient (Wildman–Crippen LogP) is 4.62. The second-order valence-electron chi connectivity index (χ2n) is 5.46. The number of nitrogens with zero attached hydrogens (tertiary/aromatic N) is 2. The van der Waals surface area contributed by atoms with E-state index in [2.05, 4.69) is 66.1 Å². The molecule has 0 bridgehead atoms. The lowest BCUT2D eigenvalue weighted by molar-refractivity contribution is 0.600. The number of rotatable bonds is 6. The van der Waals surface area contributed by atoms with Gasteiger partial charge in [0.25, 0.3) is 0 Å². The van der Waals surface area contributed by atoms with Crippen molar-refractivity contribution in [1.29, 1.82) is 0 Å². The van der Waals surface area contributed by atoms with Crippen LogP contribution in [0.3, 0.4) is 0 Å². The molecular formula is C19H22N2. The summed E-state index contributed by atoms with van der Waals surface area (Å²) in [6, 6.07) is 19.2. The number of aromatic nitrogens is 2. The summed E-state index contributed by atoms with van der Waals surface area (Å²) in [6.07, 6.45) is 4.57. The second kappa shape index (κ2) is 6.57. The van der Waals surface area contributed by atoms with Gasteiger partial charge in [0, 0.05) is 13.0 Å². The topological polar surface area (TPSA) is 17.8 Å². The minimum atomic E-state index is 0.993. The van der Waals surface area contributed by atoms with Crippen LogP contribution >= 0.6 is 0 Å². The molecule has 2 nitrogen and oxygen atoms in total. The van der Waals surface area contributed by atoms with Crippen LogP contribution in [0.15, 0.2) is 54.6 Å². The molecule has 0 aliphatic heterocycles. The third kappa shape index (κ3) is 3.15. The summed E-state index contributed by atoms with van der Waals surface area (Å²) < 4.78 is 2.39. The minimum absolute atomic E-state index is 0.993. The zero-order valence-corrected chi connectivity index (χ0v) is 12.6. The van der Waals surface area contributed by atoms with Crippen LogP contribution in [0.5, 0.6) is 0 Å². The molecule has 0 fully saturated rings. The number of hydrogen-bond acceptors (Lipinski definition) is 1. The lowest BCUT2D eigenvalue weighted by Gasteiger charge is -2.08. The molecule has 0 amide bonds. The minimum Gasteiger partial charge on any atom is -0.328 e. The van der Waals surface area contributed by atoms with E-state index < -0.39 is 0 Å². The molecule has 0 radical (unpaired) electrons. The van der Waals surface area contributed by atoms with Crippen LogP contribution in [0.2, 0.25) is 0 Å². The number of para-hydroxylation sites is 2. The molecule has 108 valence electrons. The first-order chi connectivity index (χ1) is 10.4. The van der Waals surface area contributed by atoms with E-state index in [1.807, 2.05) is 0 Å². The van der Waals surface area contributed by atoms with Crippen LogP contribution in [-0.4, -0.2) is 9.55 Å². The van der Waals surface area contributed by atoms with Crippen molar-refractivity contribution in [3.05, 3.63) is 66.0 Å². The molecule has 0 atom stereocenters. The summed E-state index contributed by atoms with van der Waals surface area (Å²) in [5, 5.41) is 0. The Kier molecular flexibility index (Phi) is 4.34. The third-order valence-corrected chi connectivity index (χ3v) is 3.99. The maximum atomic E-state index is 4.73. The molecule has 0 aliphatic carbocycles. The van der Waals surface area contributed by atoms with Crippen LogP contribution in [0.4, 0.5) is 0 Å². The molecule has 0 N–H and O–H groups in total. The Hall–Kier alpha value is -2.09. The second-order valence-corrected chi connectivity index (χ2v) is 5.46. The standard InChI is InChI=1S/C19H22N2/c1-2-19-20-17-13-6-7-14-18(17)21(19)15-9-8-12-16-10-4-3-5-11-16/h3-7,10-11,13-14H,2,8-9,12,15H2,1H3. The Bertz CT molecular complexity index is 698. The van der Waals surface area contributed by atoms with E-state index in [4.69, 9.17) is 4.98 Å². The molecule has 2 heteroatoms. The highest BCUT2D eigenvalue weighted by Gasteiger charge is 2.07. The number of hydrogen-bond donors (Lipinski definition) is 0. The van der Waals surface area contributed by atoms with E-state index in [1.54, 1.807) is 0 Å². The Morgan fingerprint density at radius 1 is 0.905 bits per heavy atom. The summed E-state index contributed by atoms with van der Waals surface area (Å²) in [4.78, 5) is 4.73. The van der Waals surface area contributed by atoms with Crippen molar-refractivity contribution < 1.29 is 0 Å². The maximum absolute atomic E-state index is 4.73. The van der Waals surface area contributed by atoms with Crippen molar-refractivity contribution in [2.45, 2.75) is 39.2 Å². The molecule has 3 aromatic rings. The molecule has 0 saturated carbocycles. The van der Waals surface area contributed by atoms with E-state index in [-0.39, 0.29) is 0 Å². The first-order valence-corrected chi connectivity index (χ1v) is 7.86. The highest BCUT2D eigenvalue weighted by atomic mass is 15.1. The molecule has 0 spiro atoms. The van der Waals surface area contributed by atoms with Gasteiger partial charge < -0.3 is 4.57 Å². The number of aryl methyl sites for hydroxylation is 3. The maximum Gasteiger partial charge on any atom is 0.109 e. The summed E-state index contributed by atoms with van der Waals surface area (Å²) >= 11 is 0. The molecule has 3 rings (SSSR count). The van der Waals surface area contributed by atoms with E-state index >= 15 is 0 Å². The lowest BCUT2D eigenvalue weighted by atomic mass is 10.1. The number of fused-ring (bicyclic) bond motifs is 1. The van der Waals surface area contributed by atoms with Gasteiger partial charge in [-0.2, -0.15) is 0 Å². The smallest absolute Gasteiger partial charge is 0.109 e. The van der Waals surface area contributed by atoms with Crippen molar-refractivity contribution in [1.82, 2.24) is 9.55 Å². The van der Waals surface area contributed by atoms with E-state index in [0.29, 0.717) is 0 Å². The monoisotopic (exact) mass is 278 g/mol. The van der Waals surface area contributed by atoms with Crippen molar-refractivity contribution >= 4 is 11.0 Å². The first kappa shape index (κ1) is 13.9. The average molecular weight is 278 g/mol. The molecule has 21 heavy (non-hydrogen) atoms. The fraction of sp³-hybridized carbons (Fsp3) is 0.316. The molecular weight excluding hydrogens is 256 g/mol. The zero-order valence-electron chi connectivity index (χ0n) is 12.6. The fourth-order valence-corrected chi connectivity index (χ4v) is 2.89. The molecule has 2 aromatic carbocycles. The Balaban J connectivity index is 1.65. The van der Waals surface area contributed by atoms with Gasteiger partial charge in [-0.15, -0.1) is 0 Å². The third-order valence-electron chi connectivity index (χ3n) is 3.99. The van der Waals surface area contributed by atoms with E-state index in [1.165, 1.54) is 29.7 Å². The van der Waals surface area contributed by atoms with Crippen molar-refractivity contribution in [2.75, 3.05) is 0 Å². The first-order valence-electron chi connectivity index (χ1n) is 7.86. The van der Waals surface area contributed by atoms with Crippen LogP contribution in [-0.2, 0) is 19.4 Å². The molecule has 0 unspecified atom stereocenters. The van der Waals surface area contributed by atoms with Gasteiger partial charge in [-0.05, 0) is 37.0 Å². The highest BCUT2D eigenvalue weighted by Crippen LogP contribution is 2.17. The van der Waals surface area contributed by atoms with E-state index in [0.717, 1.165) is 24.9 Å². The Labute approximate surface area is 126 Å². The van der Waals surface area contributed by atoms with Gasteiger partial charge in [0.05, 0.1) is 11.0 Å². The SMILES string of the molecule is CCc1nc2ccccc2n1CCCCc1ccccc1. The predicted molar refractivity (Wildman–Crippen MR) is 88.5 cm³/mol. The van der Waals surface area contributed by atoms with Crippen LogP contribution in [0.1, 0.15) is 31.2 Å². The van der Waals surface area contributed by atoms with Crippen LogP contribution in [0, 0.1) is 0 Å². The largest absolute Gasteiger partial charge is 0.328 e. The van der Waals surface area contributed by atoms with Crippen molar-refractivity contribution in [2.24, 2.45) is 0 Å². The zero-order chi connectivity index (χ0) is 14.5. The quantitative estimate of drug-likeness (QED) is 0.601. The number of unbranched alkanes of at least 4 members (excludes halogenated alkanes) is 1. The van der Waals surface area contributed by atoms with E-state index in [9.17, 15) is 0 Å². The van der Waals surface area contributed by atoms with Gasteiger partial charge in [0.1, 0.15) is 5.82 Å². The Morgan fingerprint density at radius 2 is 1.67 bits per heavy atom. The molecule has 1 heterocycles. The number of imidazole rings is 1. The molecule has 1 aromatic heterocycles. The summed E-state index contributed by atoms with van der Waals surface area (Å²) in [5.74, 6) is 1.20. The van der Waals surface area contributed by atoms with Crippen molar-refractivity contribution in [3.8, 4) is 0 Å². The lowest BCUT2D eigenvalue weighted by Crippen LogP contribution is -2.03. The highest BCUT2D eigenvalue weighted by molar-refractivity contribution is 5.75. The van der Waals surface area contributed by atoms with Crippen molar-refractivity contribution in [3.63, 3.8) is 0 Å². The van der Waals surface area contributed by atoms with Gasteiger partial charge in [-0.1, -0.05) is 49.4 Å². The van der Waals surface area contributed by atoms with Gasteiger partial charge >= 0.3 is 0 Å². The van der Waals surface area contributed by atoms with Gasteiger partial charge in [0.2, 0.25) is 0 Å².